The summed E-state index contributed by atoms with van der Waals surface area (Å²) in [7, 11) is 0. The zero-order valence-electron chi connectivity index (χ0n) is 12.1. The number of carboxylic acid groups (broad SMARTS) is 1. The van der Waals surface area contributed by atoms with E-state index in [2.05, 4.69) is 10.6 Å². The zero-order valence-corrected chi connectivity index (χ0v) is 12.1. The van der Waals surface area contributed by atoms with E-state index in [0.717, 1.165) is 24.4 Å². The molecule has 0 atom stereocenters. The fourth-order valence-electron chi connectivity index (χ4n) is 2.37. The largest absolute Gasteiger partial charge is 0.478 e. The highest BCUT2D eigenvalue weighted by atomic mass is 16.4. The van der Waals surface area contributed by atoms with Crippen LogP contribution >= 0.6 is 0 Å². The number of hydrogen-bond acceptors (Lipinski definition) is 2. The van der Waals surface area contributed by atoms with Crippen LogP contribution in [0, 0.1) is 5.92 Å². The number of carbonyl (C=O) groups is 2. The van der Waals surface area contributed by atoms with Crippen LogP contribution < -0.4 is 10.6 Å². The number of rotatable bonds is 7. The van der Waals surface area contributed by atoms with E-state index in [1.54, 1.807) is 24.3 Å². The van der Waals surface area contributed by atoms with Gasteiger partial charge in [-0.2, -0.15) is 0 Å². The maximum Gasteiger partial charge on any atom is 0.335 e. The van der Waals surface area contributed by atoms with E-state index in [9.17, 15) is 9.59 Å². The van der Waals surface area contributed by atoms with E-state index in [0.29, 0.717) is 13.0 Å². The lowest BCUT2D eigenvalue weighted by Gasteiger charge is -2.25. The average molecular weight is 290 g/mol. The van der Waals surface area contributed by atoms with Crippen molar-refractivity contribution in [2.24, 2.45) is 5.92 Å². The fraction of sp³-hybridized carbons (Fsp3) is 0.500. The van der Waals surface area contributed by atoms with E-state index < -0.39 is 5.97 Å². The number of urea groups is 1. The van der Waals surface area contributed by atoms with Crippen molar-refractivity contribution in [2.75, 3.05) is 13.1 Å². The van der Waals surface area contributed by atoms with Gasteiger partial charge in [0.15, 0.2) is 0 Å². The second-order valence-electron chi connectivity index (χ2n) is 5.52. The molecule has 0 spiro atoms. The average Bonchev–Trinajstić information content (AvgIpc) is 2.42. The Labute approximate surface area is 124 Å². The van der Waals surface area contributed by atoms with Gasteiger partial charge in [-0.3, -0.25) is 0 Å². The molecule has 5 heteroatoms. The Morgan fingerprint density at radius 3 is 2.33 bits per heavy atom. The number of carboxylic acids is 1. The van der Waals surface area contributed by atoms with Crippen LogP contribution in [0.5, 0.6) is 0 Å². The number of carbonyl (C=O) groups excluding carboxylic acids is 1. The molecule has 0 aromatic heterocycles. The van der Waals surface area contributed by atoms with Crippen LogP contribution in [-0.4, -0.2) is 30.2 Å². The Morgan fingerprint density at radius 1 is 1.10 bits per heavy atom. The molecule has 1 saturated carbocycles. The molecule has 5 nitrogen and oxygen atoms in total. The lowest BCUT2D eigenvalue weighted by Crippen LogP contribution is -2.37. The van der Waals surface area contributed by atoms with Crippen LogP contribution in [0.15, 0.2) is 24.3 Å². The molecule has 0 aliphatic heterocycles. The SMILES string of the molecule is O=C(NCCc1ccc(C(=O)O)cc1)NCCC1CCC1. The Bertz CT molecular complexity index is 481. The summed E-state index contributed by atoms with van der Waals surface area (Å²) in [6, 6.07) is 6.59. The Hall–Kier alpha value is -2.04. The Kier molecular flexibility index (Phi) is 5.60. The van der Waals surface area contributed by atoms with Gasteiger partial charge in [-0.1, -0.05) is 31.4 Å². The smallest absolute Gasteiger partial charge is 0.335 e. The van der Waals surface area contributed by atoms with Gasteiger partial charge in [0, 0.05) is 13.1 Å². The molecular formula is C16H22N2O3. The van der Waals surface area contributed by atoms with Crippen LogP contribution in [0.4, 0.5) is 4.79 Å². The third-order valence-corrected chi connectivity index (χ3v) is 3.96. The molecule has 1 aliphatic rings. The first kappa shape index (κ1) is 15.4. The third kappa shape index (κ3) is 5.10. The van der Waals surface area contributed by atoms with Gasteiger partial charge in [-0.25, -0.2) is 9.59 Å². The lowest BCUT2D eigenvalue weighted by atomic mass is 9.83. The zero-order chi connectivity index (χ0) is 15.1. The molecule has 2 amide bonds. The standard InChI is InChI=1S/C16H22N2O3/c19-15(20)14-6-4-13(5-7-14)9-11-18-16(21)17-10-8-12-2-1-3-12/h4-7,12H,1-3,8-11H2,(H,19,20)(H2,17,18,21). The molecule has 0 saturated heterocycles. The van der Waals surface area contributed by atoms with E-state index in [1.165, 1.54) is 19.3 Å². The fourth-order valence-corrected chi connectivity index (χ4v) is 2.37. The van der Waals surface area contributed by atoms with Crippen LogP contribution in [0.2, 0.25) is 0 Å². The highest BCUT2D eigenvalue weighted by molar-refractivity contribution is 5.87. The van der Waals surface area contributed by atoms with Crippen molar-refractivity contribution in [3.05, 3.63) is 35.4 Å². The highest BCUT2D eigenvalue weighted by Crippen LogP contribution is 2.28. The van der Waals surface area contributed by atoms with E-state index in [4.69, 9.17) is 5.11 Å². The highest BCUT2D eigenvalue weighted by Gasteiger charge is 2.16. The summed E-state index contributed by atoms with van der Waals surface area (Å²) in [5.41, 5.74) is 1.29. The van der Waals surface area contributed by atoms with Crippen LogP contribution in [-0.2, 0) is 6.42 Å². The van der Waals surface area contributed by atoms with Gasteiger partial charge in [-0.15, -0.1) is 0 Å². The van der Waals surface area contributed by atoms with Crippen LogP contribution in [0.3, 0.4) is 0 Å². The first-order valence-corrected chi connectivity index (χ1v) is 7.49. The maximum atomic E-state index is 11.6. The number of amides is 2. The topological polar surface area (TPSA) is 78.4 Å². The van der Waals surface area contributed by atoms with Crippen molar-refractivity contribution in [2.45, 2.75) is 32.1 Å². The molecule has 0 radical (unpaired) electrons. The first-order chi connectivity index (χ1) is 10.1. The minimum atomic E-state index is -0.925. The van der Waals surface area contributed by atoms with E-state index >= 15 is 0 Å². The van der Waals surface area contributed by atoms with Crippen molar-refractivity contribution in [1.29, 1.82) is 0 Å². The minimum Gasteiger partial charge on any atom is -0.478 e. The van der Waals surface area contributed by atoms with Gasteiger partial charge in [0.05, 0.1) is 5.56 Å². The predicted octanol–water partition coefficient (Wildman–Crippen LogP) is 2.42. The number of benzene rings is 1. The summed E-state index contributed by atoms with van der Waals surface area (Å²) in [6.45, 7) is 1.28. The summed E-state index contributed by atoms with van der Waals surface area (Å²) in [6.07, 6.45) is 5.70. The lowest BCUT2D eigenvalue weighted by molar-refractivity contribution is 0.0697. The van der Waals surface area contributed by atoms with Gasteiger partial charge >= 0.3 is 12.0 Å². The summed E-state index contributed by atoms with van der Waals surface area (Å²) in [5, 5.41) is 14.5. The molecule has 3 N–H and O–H groups in total. The van der Waals surface area contributed by atoms with Crippen molar-refractivity contribution < 1.29 is 14.7 Å². The molecule has 1 aliphatic carbocycles. The van der Waals surface area contributed by atoms with Gasteiger partial charge in [-0.05, 0) is 36.5 Å². The molecule has 0 heterocycles. The normalized spacial score (nSPS) is 14.3. The molecule has 2 rings (SSSR count). The summed E-state index contributed by atoms with van der Waals surface area (Å²) in [5.74, 6) is -0.122. The van der Waals surface area contributed by atoms with Crippen molar-refractivity contribution in [3.63, 3.8) is 0 Å². The van der Waals surface area contributed by atoms with E-state index in [-0.39, 0.29) is 11.6 Å². The van der Waals surface area contributed by atoms with Crippen molar-refractivity contribution >= 4 is 12.0 Å². The summed E-state index contributed by atoms with van der Waals surface area (Å²) < 4.78 is 0. The molecule has 114 valence electrons. The predicted molar refractivity (Wildman–Crippen MR) is 80.5 cm³/mol. The molecule has 0 unspecified atom stereocenters. The van der Waals surface area contributed by atoms with E-state index in [1.807, 2.05) is 0 Å². The third-order valence-electron chi connectivity index (χ3n) is 3.96. The molecule has 21 heavy (non-hydrogen) atoms. The van der Waals surface area contributed by atoms with Gasteiger partial charge < -0.3 is 15.7 Å². The Balaban J connectivity index is 1.59. The van der Waals surface area contributed by atoms with Crippen LogP contribution in [0.25, 0.3) is 0 Å². The summed E-state index contributed by atoms with van der Waals surface area (Å²) in [4.78, 5) is 22.3. The second-order valence-corrected chi connectivity index (χ2v) is 5.52. The van der Waals surface area contributed by atoms with Gasteiger partial charge in [0.25, 0.3) is 0 Å². The monoisotopic (exact) mass is 290 g/mol. The van der Waals surface area contributed by atoms with Gasteiger partial charge in [0.1, 0.15) is 0 Å². The molecule has 1 aromatic carbocycles. The molecular weight excluding hydrogens is 268 g/mol. The number of nitrogens with one attached hydrogen (secondary N) is 2. The maximum absolute atomic E-state index is 11.6. The second kappa shape index (κ2) is 7.67. The molecule has 1 aromatic rings. The molecule has 1 fully saturated rings. The quantitative estimate of drug-likeness (QED) is 0.721. The first-order valence-electron chi connectivity index (χ1n) is 7.49. The minimum absolute atomic E-state index is 0.128. The Morgan fingerprint density at radius 2 is 1.76 bits per heavy atom. The van der Waals surface area contributed by atoms with Gasteiger partial charge in [0.2, 0.25) is 0 Å². The van der Waals surface area contributed by atoms with Crippen LogP contribution in [0.1, 0.15) is 41.6 Å². The van der Waals surface area contributed by atoms with Crippen molar-refractivity contribution in [1.82, 2.24) is 10.6 Å². The number of hydrogen-bond donors (Lipinski definition) is 3. The van der Waals surface area contributed by atoms with Crippen molar-refractivity contribution in [3.8, 4) is 0 Å². The number of aromatic carboxylic acids is 1. The molecule has 0 bridgehead atoms. The summed E-state index contributed by atoms with van der Waals surface area (Å²) >= 11 is 0.